The topological polar surface area (TPSA) is 88.2 Å². The second kappa shape index (κ2) is 7.12. The summed E-state index contributed by atoms with van der Waals surface area (Å²) < 4.78 is 5.38. The van der Waals surface area contributed by atoms with E-state index in [2.05, 4.69) is 26.1 Å². The lowest BCUT2D eigenvalue weighted by atomic mass is 10.0. The highest BCUT2D eigenvalue weighted by molar-refractivity contribution is 6.30. The maximum Gasteiger partial charge on any atom is 0.271 e. The van der Waals surface area contributed by atoms with Crippen LogP contribution in [0, 0.1) is 6.92 Å². The monoisotopic (exact) mass is 347 g/mol. The van der Waals surface area contributed by atoms with Crippen molar-refractivity contribution in [2.75, 3.05) is 7.11 Å². The summed E-state index contributed by atoms with van der Waals surface area (Å²) >= 11 is 6.08. The quantitative estimate of drug-likeness (QED) is 0.781. The molecule has 2 heterocycles. The third-order valence-electron chi connectivity index (χ3n) is 3.78. The lowest BCUT2D eigenvalue weighted by Gasteiger charge is -2.15. The van der Waals surface area contributed by atoms with Crippen molar-refractivity contribution < 1.29 is 9.53 Å². The molecular formula is C16H18ClN5O2. The van der Waals surface area contributed by atoms with Gasteiger partial charge in [-0.15, -0.1) is 0 Å². The van der Waals surface area contributed by atoms with Gasteiger partial charge in [-0.1, -0.05) is 11.6 Å². The molecule has 1 aliphatic rings. The molecule has 0 bridgehead atoms. The van der Waals surface area contributed by atoms with Crippen LogP contribution in [0.4, 0.5) is 0 Å². The largest absolute Gasteiger partial charge is 0.496 e. The number of carbonyl (C=O) groups is 1. The van der Waals surface area contributed by atoms with Crippen molar-refractivity contribution in [1.82, 2.24) is 26.1 Å². The summed E-state index contributed by atoms with van der Waals surface area (Å²) in [5.41, 5.74) is 7.50. The molecule has 1 fully saturated rings. The van der Waals surface area contributed by atoms with E-state index in [9.17, 15) is 4.79 Å². The van der Waals surface area contributed by atoms with Crippen LogP contribution < -0.4 is 20.9 Å². The summed E-state index contributed by atoms with van der Waals surface area (Å²) in [7, 11) is 1.62. The van der Waals surface area contributed by atoms with Gasteiger partial charge in [-0.3, -0.25) is 4.79 Å². The van der Waals surface area contributed by atoms with Crippen LogP contribution in [0.5, 0.6) is 5.75 Å². The minimum Gasteiger partial charge on any atom is -0.496 e. The molecule has 7 nitrogen and oxygen atoms in total. The highest BCUT2D eigenvalue weighted by Crippen LogP contribution is 2.32. The first-order valence-electron chi connectivity index (χ1n) is 7.52. The Kier molecular flexibility index (Phi) is 4.94. The fourth-order valence-corrected chi connectivity index (χ4v) is 2.83. The van der Waals surface area contributed by atoms with Gasteiger partial charge in [-0.2, -0.15) is 0 Å². The minimum atomic E-state index is -0.251. The zero-order valence-corrected chi connectivity index (χ0v) is 14.1. The molecule has 8 heteroatoms. The Morgan fingerprint density at radius 1 is 1.38 bits per heavy atom. The van der Waals surface area contributed by atoms with Gasteiger partial charge in [0.2, 0.25) is 0 Å². The van der Waals surface area contributed by atoms with Crippen LogP contribution in [0.3, 0.4) is 0 Å². The molecule has 1 aliphatic heterocycles. The van der Waals surface area contributed by atoms with Gasteiger partial charge in [0.05, 0.1) is 19.3 Å². The van der Waals surface area contributed by atoms with Crippen molar-refractivity contribution in [3.63, 3.8) is 0 Å². The molecule has 3 N–H and O–H groups in total. The summed E-state index contributed by atoms with van der Waals surface area (Å²) in [6.07, 6.45) is 1.98. The number of amides is 1. The Bertz CT molecular complexity index is 755. The second-order valence-electron chi connectivity index (χ2n) is 5.48. The Morgan fingerprint density at radius 3 is 2.96 bits per heavy atom. The Balaban J connectivity index is 1.68. The lowest BCUT2D eigenvalue weighted by Crippen LogP contribution is -2.44. The standard InChI is InChI=1S/C16H18ClN5O2/c1-9-18-6-5-12(19-9)16(23)20-15-8-13(21-22-15)11-7-10(17)3-4-14(11)24-2/h3-7,13,15,21-22H,8H2,1-2H3,(H,20,23). The van der Waals surface area contributed by atoms with Gasteiger partial charge in [0.15, 0.2) is 0 Å². The molecule has 0 saturated carbocycles. The van der Waals surface area contributed by atoms with E-state index < -0.39 is 0 Å². The van der Waals surface area contributed by atoms with Crippen molar-refractivity contribution >= 4 is 17.5 Å². The first-order chi connectivity index (χ1) is 11.6. The maximum absolute atomic E-state index is 12.3. The number of aromatic nitrogens is 2. The number of nitrogens with one attached hydrogen (secondary N) is 3. The van der Waals surface area contributed by atoms with Gasteiger partial charge in [0.25, 0.3) is 5.91 Å². The van der Waals surface area contributed by atoms with Crippen molar-refractivity contribution in [2.24, 2.45) is 0 Å². The second-order valence-corrected chi connectivity index (χ2v) is 5.91. The third-order valence-corrected chi connectivity index (χ3v) is 4.02. The number of carbonyl (C=O) groups excluding carboxylic acids is 1. The van der Waals surface area contributed by atoms with Gasteiger partial charge in [-0.25, -0.2) is 20.8 Å². The number of halogens is 1. The average Bonchev–Trinajstić information content (AvgIpc) is 3.03. The van der Waals surface area contributed by atoms with Crippen LogP contribution in [0.25, 0.3) is 0 Å². The van der Waals surface area contributed by atoms with Gasteiger partial charge in [-0.05, 0) is 31.2 Å². The molecule has 1 saturated heterocycles. The van der Waals surface area contributed by atoms with Crippen molar-refractivity contribution in [3.8, 4) is 5.75 Å². The number of aryl methyl sites for hydroxylation is 1. The molecule has 0 spiro atoms. The zero-order chi connectivity index (χ0) is 17.1. The van der Waals surface area contributed by atoms with Crippen molar-refractivity contribution in [3.05, 3.63) is 52.6 Å². The molecule has 0 radical (unpaired) electrons. The molecule has 2 aromatic rings. The fraction of sp³-hybridized carbons (Fsp3) is 0.312. The molecule has 1 aromatic heterocycles. The van der Waals surface area contributed by atoms with E-state index in [0.717, 1.165) is 11.3 Å². The van der Waals surface area contributed by atoms with Crippen LogP contribution in [0.15, 0.2) is 30.5 Å². The SMILES string of the molecule is COc1ccc(Cl)cc1C1CC(NC(=O)c2ccnc(C)n2)NN1. The van der Waals surface area contributed by atoms with E-state index >= 15 is 0 Å². The molecule has 2 unspecified atom stereocenters. The van der Waals surface area contributed by atoms with Gasteiger partial charge >= 0.3 is 0 Å². The van der Waals surface area contributed by atoms with Crippen molar-refractivity contribution in [1.29, 1.82) is 0 Å². The number of hydrogen-bond acceptors (Lipinski definition) is 6. The molecule has 2 atom stereocenters. The third kappa shape index (κ3) is 3.64. The number of nitrogens with zero attached hydrogens (tertiary/aromatic N) is 2. The summed E-state index contributed by atoms with van der Waals surface area (Å²) in [6, 6.07) is 7.02. The van der Waals surface area contributed by atoms with Crippen molar-refractivity contribution in [2.45, 2.75) is 25.6 Å². The lowest BCUT2D eigenvalue weighted by molar-refractivity contribution is 0.0927. The summed E-state index contributed by atoms with van der Waals surface area (Å²) in [4.78, 5) is 20.4. The zero-order valence-electron chi connectivity index (χ0n) is 13.3. The summed E-state index contributed by atoms with van der Waals surface area (Å²) in [5.74, 6) is 1.05. The number of benzene rings is 1. The smallest absolute Gasteiger partial charge is 0.271 e. The normalized spacial score (nSPS) is 20.0. The maximum atomic E-state index is 12.3. The van der Waals surface area contributed by atoms with E-state index in [1.165, 1.54) is 0 Å². The Morgan fingerprint density at radius 2 is 2.21 bits per heavy atom. The van der Waals surface area contributed by atoms with Crippen LogP contribution in [0.1, 0.15) is 34.3 Å². The molecular weight excluding hydrogens is 330 g/mol. The van der Waals surface area contributed by atoms with E-state index in [1.807, 2.05) is 12.1 Å². The highest BCUT2D eigenvalue weighted by atomic mass is 35.5. The van der Waals surface area contributed by atoms with E-state index in [4.69, 9.17) is 16.3 Å². The minimum absolute atomic E-state index is 0.0314. The molecule has 126 valence electrons. The number of hydrogen-bond donors (Lipinski definition) is 3. The van der Waals surface area contributed by atoms with Gasteiger partial charge < -0.3 is 10.1 Å². The van der Waals surface area contributed by atoms with E-state index in [-0.39, 0.29) is 18.1 Å². The van der Waals surface area contributed by atoms with Crippen LogP contribution in [-0.2, 0) is 0 Å². The highest BCUT2D eigenvalue weighted by Gasteiger charge is 2.28. The summed E-state index contributed by atoms with van der Waals surface area (Å²) in [5, 5.41) is 3.53. The predicted octanol–water partition coefficient (Wildman–Crippen LogP) is 1.74. The predicted molar refractivity (Wildman–Crippen MR) is 89.7 cm³/mol. The van der Waals surface area contributed by atoms with Crippen LogP contribution in [0.2, 0.25) is 5.02 Å². The van der Waals surface area contributed by atoms with E-state index in [1.54, 1.807) is 32.4 Å². The molecule has 0 aliphatic carbocycles. The van der Waals surface area contributed by atoms with Gasteiger partial charge in [0, 0.05) is 23.2 Å². The fourth-order valence-electron chi connectivity index (χ4n) is 2.65. The first kappa shape index (κ1) is 16.6. The van der Waals surface area contributed by atoms with Crippen LogP contribution in [-0.4, -0.2) is 29.2 Å². The number of ether oxygens (including phenoxy) is 1. The Hall–Kier alpha value is -2.22. The number of methoxy groups -OCH3 is 1. The average molecular weight is 348 g/mol. The summed E-state index contributed by atoms with van der Waals surface area (Å²) in [6.45, 7) is 1.74. The molecule has 24 heavy (non-hydrogen) atoms. The molecule has 1 amide bonds. The Labute approximate surface area is 144 Å². The number of hydrazine groups is 1. The molecule has 3 rings (SSSR count). The molecule has 1 aromatic carbocycles. The van der Waals surface area contributed by atoms with Crippen LogP contribution >= 0.6 is 11.6 Å². The number of rotatable bonds is 4. The van der Waals surface area contributed by atoms with E-state index in [0.29, 0.717) is 23.0 Å². The first-order valence-corrected chi connectivity index (χ1v) is 7.89. The van der Waals surface area contributed by atoms with Gasteiger partial charge in [0.1, 0.15) is 17.3 Å².